The van der Waals surface area contributed by atoms with Gasteiger partial charge in [0.15, 0.2) is 0 Å². The zero-order valence-corrected chi connectivity index (χ0v) is 17.3. The number of ether oxygens (including phenoxy) is 1. The molecule has 2 heterocycles. The molecule has 0 bridgehead atoms. The van der Waals surface area contributed by atoms with Gasteiger partial charge in [0.05, 0.1) is 24.0 Å². The standard InChI is InChI=1S/C23H28N2O4/c1-4-23(5-2)17-12-18-16(11-19(17)25(22(23)28)9-10-29-3)15-8-6-7-14(13-26)21(27)20(15)24-18/h11-13,24,26H,4-10H2,1-3H3/b14-13+. The number of benzene rings is 1. The van der Waals surface area contributed by atoms with Crippen LogP contribution in [0.5, 0.6) is 0 Å². The van der Waals surface area contributed by atoms with Crippen LogP contribution in [0.2, 0.25) is 0 Å². The average molecular weight is 396 g/mol. The van der Waals surface area contributed by atoms with Gasteiger partial charge in [0.25, 0.3) is 0 Å². The van der Waals surface area contributed by atoms with Crippen LogP contribution >= 0.6 is 0 Å². The van der Waals surface area contributed by atoms with E-state index in [1.54, 1.807) is 7.11 Å². The second kappa shape index (κ2) is 7.34. The van der Waals surface area contributed by atoms with Crippen LogP contribution in [0.1, 0.15) is 61.1 Å². The van der Waals surface area contributed by atoms with E-state index in [2.05, 4.69) is 31.0 Å². The number of nitrogens with zero attached hydrogens (tertiary/aromatic N) is 1. The van der Waals surface area contributed by atoms with E-state index < -0.39 is 5.41 Å². The van der Waals surface area contributed by atoms with Crippen molar-refractivity contribution in [3.8, 4) is 0 Å². The Hall–Kier alpha value is -2.60. The molecule has 2 aliphatic rings. The summed E-state index contributed by atoms with van der Waals surface area (Å²) in [5, 5.41) is 10.4. The van der Waals surface area contributed by atoms with Crippen molar-refractivity contribution in [1.82, 2.24) is 4.98 Å². The quantitative estimate of drug-likeness (QED) is 0.451. The third-order valence-corrected chi connectivity index (χ3v) is 6.76. The van der Waals surface area contributed by atoms with Crippen molar-refractivity contribution in [2.75, 3.05) is 25.2 Å². The van der Waals surface area contributed by atoms with Crippen molar-refractivity contribution in [3.05, 3.63) is 40.8 Å². The van der Waals surface area contributed by atoms with Gasteiger partial charge >= 0.3 is 0 Å². The molecule has 1 aliphatic carbocycles. The molecule has 6 heteroatoms. The summed E-state index contributed by atoms with van der Waals surface area (Å²) in [6.07, 6.45) is 4.51. The lowest BCUT2D eigenvalue weighted by atomic mass is 9.76. The number of fused-ring (bicyclic) bond motifs is 4. The number of carbonyl (C=O) groups is 2. The largest absolute Gasteiger partial charge is 0.515 e. The Morgan fingerprint density at radius 1 is 1.24 bits per heavy atom. The Morgan fingerprint density at radius 2 is 2.00 bits per heavy atom. The van der Waals surface area contributed by atoms with Gasteiger partial charge < -0.3 is 19.7 Å². The third kappa shape index (κ3) is 2.73. The monoisotopic (exact) mass is 396 g/mol. The molecule has 0 unspecified atom stereocenters. The number of nitrogens with one attached hydrogen (secondary N) is 1. The molecule has 0 spiro atoms. The third-order valence-electron chi connectivity index (χ3n) is 6.76. The second-order valence-electron chi connectivity index (χ2n) is 7.97. The van der Waals surface area contributed by atoms with Crippen LogP contribution in [0, 0.1) is 0 Å². The minimum absolute atomic E-state index is 0.134. The lowest BCUT2D eigenvalue weighted by Gasteiger charge is -2.26. The zero-order valence-electron chi connectivity index (χ0n) is 17.3. The highest BCUT2D eigenvalue weighted by Crippen LogP contribution is 2.48. The number of methoxy groups -OCH3 is 1. The molecule has 4 rings (SSSR count). The van der Waals surface area contributed by atoms with Gasteiger partial charge in [-0.15, -0.1) is 0 Å². The molecule has 0 radical (unpaired) electrons. The summed E-state index contributed by atoms with van der Waals surface area (Å²) in [7, 11) is 1.64. The van der Waals surface area contributed by atoms with Crippen molar-refractivity contribution >= 4 is 28.3 Å². The zero-order chi connectivity index (χ0) is 20.8. The summed E-state index contributed by atoms with van der Waals surface area (Å²) in [5.74, 6) is -0.00390. The minimum Gasteiger partial charge on any atom is -0.515 e. The molecule has 0 saturated carbocycles. The molecule has 1 aliphatic heterocycles. The number of aromatic amines is 1. The smallest absolute Gasteiger partial charge is 0.237 e. The SMILES string of the molecule is CCC1(CC)C(=O)N(CCOC)c2cc3c4c([nH]c3cc21)C(=O)/C(=C/O)CCC4. The van der Waals surface area contributed by atoms with Crippen molar-refractivity contribution < 1.29 is 19.4 Å². The number of aliphatic hydroxyl groups is 1. The fraction of sp³-hybridized carbons (Fsp3) is 0.478. The number of hydrogen-bond donors (Lipinski definition) is 2. The van der Waals surface area contributed by atoms with Crippen LogP contribution in [-0.2, 0) is 21.4 Å². The van der Waals surface area contributed by atoms with Crippen LogP contribution in [0.4, 0.5) is 5.69 Å². The van der Waals surface area contributed by atoms with E-state index in [0.29, 0.717) is 30.8 Å². The molecule has 2 N–H and O–H groups in total. The first-order valence-electron chi connectivity index (χ1n) is 10.4. The van der Waals surface area contributed by atoms with Gasteiger partial charge in [0, 0.05) is 35.8 Å². The Bertz CT molecular complexity index is 1010. The highest BCUT2D eigenvalue weighted by molar-refractivity contribution is 6.14. The predicted molar refractivity (Wildman–Crippen MR) is 113 cm³/mol. The number of hydrogen-bond acceptors (Lipinski definition) is 4. The maximum Gasteiger partial charge on any atom is 0.237 e. The number of carbonyl (C=O) groups excluding carboxylic acids is 2. The van der Waals surface area contributed by atoms with E-state index in [4.69, 9.17) is 4.74 Å². The highest BCUT2D eigenvalue weighted by Gasteiger charge is 2.48. The Kier molecular flexibility index (Phi) is 4.99. The summed E-state index contributed by atoms with van der Waals surface area (Å²) >= 11 is 0. The van der Waals surface area contributed by atoms with E-state index in [1.165, 1.54) is 0 Å². The first-order valence-corrected chi connectivity index (χ1v) is 10.4. The molecule has 6 nitrogen and oxygen atoms in total. The van der Waals surface area contributed by atoms with Crippen molar-refractivity contribution in [1.29, 1.82) is 0 Å². The van der Waals surface area contributed by atoms with Crippen molar-refractivity contribution in [2.45, 2.75) is 51.4 Å². The molecule has 29 heavy (non-hydrogen) atoms. The van der Waals surface area contributed by atoms with E-state index >= 15 is 0 Å². The average Bonchev–Trinajstić information content (AvgIpc) is 3.14. The number of ketones is 1. The molecular weight excluding hydrogens is 368 g/mol. The van der Waals surface area contributed by atoms with E-state index in [-0.39, 0.29) is 11.7 Å². The van der Waals surface area contributed by atoms with Gasteiger partial charge in [-0.2, -0.15) is 0 Å². The van der Waals surface area contributed by atoms with Gasteiger partial charge in [-0.3, -0.25) is 9.59 Å². The fourth-order valence-electron chi connectivity index (χ4n) is 5.02. The van der Waals surface area contributed by atoms with Gasteiger partial charge in [-0.05, 0) is 55.4 Å². The first kappa shape index (κ1) is 19.7. The second-order valence-corrected chi connectivity index (χ2v) is 7.97. The molecule has 0 saturated heterocycles. The number of aryl methyl sites for hydroxylation is 1. The Labute approximate surface area is 170 Å². The van der Waals surface area contributed by atoms with E-state index in [1.807, 2.05) is 4.90 Å². The number of aliphatic hydroxyl groups excluding tert-OH is 1. The fourth-order valence-corrected chi connectivity index (χ4v) is 5.02. The lowest BCUT2D eigenvalue weighted by Crippen LogP contribution is -2.40. The highest BCUT2D eigenvalue weighted by atomic mass is 16.5. The maximum absolute atomic E-state index is 13.4. The maximum atomic E-state index is 13.4. The normalized spacial score (nSPS) is 19.7. The number of allylic oxidation sites excluding steroid dienone is 1. The molecule has 0 fully saturated rings. The molecular formula is C23H28N2O4. The number of aromatic nitrogens is 1. The minimum atomic E-state index is -0.542. The molecule has 1 amide bonds. The molecule has 0 atom stereocenters. The van der Waals surface area contributed by atoms with E-state index in [0.717, 1.165) is 59.7 Å². The summed E-state index contributed by atoms with van der Waals surface area (Å²) in [5.41, 5.74) is 4.28. The van der Waals surface area contributed by atoms with Crippen LogP contribution in [0.15, 0.2) is 24.0 Å². The first-order chi connectivity index (χ1) is 14.0. The molecule has 2 aromatic rings. The number of rotatable bonds is 5. The number of amides is 1. The van der Waals surface area contributed by atoms with Crippen LogP contribution in [-0.4, -0.2) is 42.0 Å². The molecule has 1 aromatic carbocycles. The van der Waals surface area contributed by atoms with Gasteiger partial charge in [0.1, 0.15) is 0 Å². The van der Waals surface area contributed by atoms with Crippen molar-refractivity contribution in [2.24, 2.45) is 0 Å². The summed E-state index contributed by atoms with van der Waals surface area (Å²) < 4.78 is 5.25. The van der Waals surface area contributed by atoms with Crippen molar-refractivity contribution in [3.63, 3.8) is 0 Å². The summed E-state index contributed by atoms with van der Waals surface area (Å²) in [6, 6.07) is 4.13. The Morgan fingerprint density at radius 3 is 2.66 bits per heavy atom. The van der Waals surface area contributed by atoms with Crippen LogP contribution in [0.3, 0.4) is 0 Å². The van der Waals surface area contributed by atoms with Crippen LogP contribution < -0.4 is 4.90 Å². The summed E-state index contributed by atoms with van der Waals surface area (Å²) in [6.45, 7) is 5.10. The molecule has 154 valence electrons. The predicted octanol–water partition coefficient (Wildman–Crippen LogP) is 4.18. The topological polar surface area (TPSA) is 82.6 Å². The Balaban J connectivity index is 1.94. The van der Waals surface area contributed by atoms with Crippen LogP contribution in [0.25, 0.3) is 10.9 Å². The number of Topliss-reactive ketones (excluding diaryl/α,β-unsaturated/α-hetero) is 1. The summed E-state index contributed by atoms with van der Waals surface area (Å²) in [4.78, 5) is 31.4. The van der Waals surface area contributed by atoms with Gasteiger partial charge in [0.2, 0.25) is 11.7 Å². The lowest BCUT2D eigenvalue weighted by molar-refractivity contribution is -0.123. The number of anilines is 1. The van der Waals surface area contributed by atoms with E-state index in [9.17, 15) is 14.7 Å². The molecule has 1 aromatic heterocycles. The van der Waals surface area contributed by atoms with Gasteiger partial charge in [-0.25, -0.2) is 0 Å². The number of H-pyrrole nitrogens is 1. The van der Waals surface area contributed by atoms with Gasteiger partial charge in [-0.1, -0.05) is 13.8 Å².